The molecule has 5 heteroatoms. The van der Waals surface area contributed by atoms with E-state index in [9.17, 15) is 4.79 Å². The number of nitriles is 1. The van der Waals surface area contributed by atoms with Gasteiger partial charge in [0, 0.05) is 5.56 Å². The number of nitrogens with one attached hydrogen (secondary N) is 1. The van der Waals surface area contributed by atoms with E-state index in [4.69, 9.17) is 10.00 Å². The minimum atomic E-state index is -0.423. The first-order valence-electron chi connectivity index (χ1n) is 6.26. The van der Waals surface area contributed by atoms with Crippen LogP contribution in [0.3, 0.4) is 0 Å². The predicted molar refractivity (Wildman–Crippen MR) is 77.7 cm³/mol. The summed E-state index contributed by atoms with van der Waals surface area (Å²) in [6.45, 7) is 6.29. The molecule has 20 heavy (non-hydrogen) atoms. The highest BCUT2D eigenvalue weighted by molar-refractivity contribution is 5.83. The molecule has 0 unspecified atom stereocenters. The van der Waals surface area contributed by atoms with Crippen molar-refractivity contribution in [1.29, 1.82) is 5.26 Å². The number of carbonyl (C=O) groups is 1. The van der Waals surface area contributed by atoms with Crippen molar-refractivity contribution in [1.82, 2.24) is 5.43 Å². The van der Waals surface area contributed by atoms with Crippen LogP contribution in [0.25, 0.3) is 0 Å². The van der Waals surface area contributed by atoms with Crippen LogP contribution < -0.4 is 10.2 Å². The van der Waals surface area contributed by atoms with Gasteiger partial charge in [0.2, 0.25) is 0 Å². The van der Waals surface area contributed by atoms with Gasteiger partial charge in [-0.25, -0.2) is 5.43 Å². The lowest BCUT2D eigenvalue weighted by Crippen LogP contribution is -2.16. The fourth-order valence-corrected chi connectivity index (χ4v) is 1.68. The molecule has 1 aromatic rings. The van der Waals surface area contributed by atoms with Crippen molar-refractivity contribution < 1.29 is 9.53 Å². The smallest absolute Gasteiger partial charge is 0.254 e. The zero-order chi connectivity index (χ0) is 15.2. The SMILES string of the molecule is COc1ccc(/C=N/NC(=O)CC#N)cc1C(C)(C)C. The lowest BCUT2D eigenvalue weighted by molar-refractivity contribution is -0.120. The zero-order valence-corrected chi connectivity index (χ0v) is 12.2. The molecule has 0 bridgehead atoms. The van der Waals surface area contributed by atoms with Crippen molar-refractivity contribution in [2.75, 3.05) is 7.11 Å². The van der Waals surface area contributed by atoms with Gasteiger partial charge < -0.3 is 4.74 Å². The molecule has 0 saturated carbocycles. The third kappa shape index (κ3) is 4.39. The van der Waals surface area contributed by atoms with Crippen molar-refractivity contribution in [2.24, 2.45) is 5.10 Å². The molecule has 0 heterocycles. The number of nitrogens with zero attached hydrogens (tertiary/aromatic N) is 2. The van der Waals surface area contributed by atoms with Gasteiger partial charge in [0.05, 0.1) is 19.4 Å². The van der Waals surface area contributed by atoms with Crippen LogP contribution >= 0.6 is 0 Å². The van der Waals surface area contributed by atoms with Crippen LogP contribution in [0.5, 0.6) is 5.75 Å². The summed E-state index contributed by atoms with van der Waals surface area (Å²) >= 11 is 0. The molecule has 0 aromatic heterocycles. The maximum atomic E-state index is 11.1. The quantitative estimate of drug-likeness (QED) is 0.676. The molecular formula is C15H19N3O2. The Kier molecular flexibility index (Phi) is 5.27. The Morgan fingerprint density at radius 2 is 2.20 bits per heavy atom. The Labute approximate surface area is 119 Å². The van der Waals surface area contributed by atoms with Gasteiger partial charge >= 0.3 is 0 Å². The van der Waals surface area contributed by atoms with Crippen LogP contribution in [0.2, 0.25) is 0 Å². The molecule has 0 radical (unpaired) electrons. The van der Waals surface area contributed by atoms with Crippen LogP contribution in [0.15, 0.2) is 23.3 Å². The summed E-state index contributed by atoms with van der Waals surface area (Å²) in [5, 5.41) is 12.2. The average molecular weight is 273 g/mol. The highest BCUT2D eigenvalue weighted by atomic mass is 16.5. The minimum Gasteiger partial charge on any atom is -0.496 e. The van der Waals surface area contributed by atoms with Crippen LogP contribution in [0, 0.1) is 11.3 Å². The lowest BCUT2D eigenvalue weighted by Gasteiger charge is -2.22. The number of hydrazone groups is 1. The Balaban J connectivity index is 2.91. The molecule has 0 atom stereocenters. The Hall–Kier alpha value is -2.35. The summed E-state index contributed by atoms with van der Waals surface area (Å²) in [6, 6.07) is 7.46. The number of carbonyl (C=O) groups excluding carboxylic acids is 1. The van der Waals surface area contributed by atoms with E-state index in [0.29, 0.717) is 0 Å². The van der Waals surface area contributed by atoms with Gasteiger partial charge in [0.15, 0.2) is 0 Å². The van der Waals surface area contributed by atoms with Crippen molar-refractivity contribution in [3.05, 3.63) is 29.3 Å². The van der Waals surface area contributed by atoms with E-state index in [1.54, 1.807) is 19.4 Å². The topological polar surface area (TPSA) is 74.5 Å². The number of rotatable bonds is 4. The molecule has 106 valence electrons. The summed E-state index contributed by atoms with van der Waals surface area (Å²) < 4.78 is 5.35. The zero-order valence-electron chi connectivity index (χ0n) is 12.2. The van der Waals surface area contributed by atoms with Gasteiger partial charge in [-0.2, -0.15) is 10.4 Å². The maximum Gasteiger partial charge on any atom is 0.254 e. The monoisotopic (exact) mass is 273 g/mol. The van der Waals surface area contributed by atoms with E-state index in [2.05, 4.69) is 31.3 Å². The summed E-state index contributed by atoms with van der Waals surface area (Å²) in [6.07, 6.45) is 1.34. The second kappa shape index (κ2) is 6.71. The number of methoxy groups -OCH3 is 1. The summed E-state index contributed by atoms with van der Waals surface area (Å²) in [5.74, 6) is 0.400. The fraction of sp³-hybridized carbons (Fsp3) is 0.400. The van der Waals surface area contributed by atoms with E-state index in [1.807, 2.05) is 18.2 Å². The molecule has 1 rings (SSSR count). The Morgan fingerprint density at radius 3 is 2.75 bits per heavy atom. The normalized spacial score (nSPS) is 11.2. The van der Waals surface area contributed by atoms with Crippen molar-refractivity contribution in [2.45, 2.75) is 32.6 Å². The van der Waals surface area contributed by atoms with Gasteiger partial charge in [-0.05, 0) is 29.2 Å². The van der Waals surface area contributed by atoms with Crippen LogP contribution in [-0.2, 0) is 10.2 Å². The highest BCUT2D eigenvalue weighted by Crippen LogP contribution is 2.31. The van der Waals surface area contributed by atoms with Gasteiger partial charge in [-0.15, -0.1) is 0 Å². The van der Waals surface area contributed by atoms with E-state index < -0.39 is 5.91 Å². The van der Waals surface area contributed by atoms with Crippen LogP contribution in [0.4, 0.5) is 0 Å². The first-order chi connectivity index (χ1) is 9.38. The molecule has 1 aromatic carbocycles. The summed E-state index contributed by atoms with van der Waals surface area (Å²) in [7, 11) is 1.64. The second-order valence-corrected chi connectivity index (χ2v) is 5.34. The third-order valence-electron chi connectivity index (χ3n) is 2.67. The molecule has 0 spiro atoms. The highest BCUT2D eigenvalue weighted by Gasteiger charge is 2.18. The number of amides is 1. The van der Waals surface area contributed by atoms with Gasteiger partial charge in [0.1, 0.15) is 12.2 Å². The number of hydrogen-bond donors (Lipinski definition) is 1. The fourth-order valence-electron chi connectivity index (χ4n) is 1.68. The number of ether oxygens (including phenoxy) is 1. The predicted octanol–water partition coefficient (Wildman–Crippen LogP) is 2.36. The van der Waals surface area contributed by atoms with E-state index in [0.717, 1.165) is 16.9 Å². The molecule has 0 aliphatic carbocycles. The lowest BCUT2D eigenvalue weighted by atomic mass is 9.85. The number of hydrogen-bond acceptors (Lipinski definition) is 4. The van der Waals surface area contributed by atoms with Crippen LogP contribution in [-0.4, -0.2) is 19.2 Å². The second-order valence-electron chi connectivity index (χ2n) is 5.34. The van der Waals surface area contributed by atoms with Gasteiger partial charge in [0.25, 0.3) is 5.91 Å². The van der Waals surface area contributed by atoms with E-state index in [1.165, 1.54) is 0 Å². The van der Waals surface area contributed by atoms with E-state index in [-0.39, 0.29) is 11.8 Å². The largest absolute Gasteiger partial charge is 0.496 e. The Bertz CT molecular complexity index is 551. The summed E-state index contributed by atoms with van der Waals surface area (Å²) in [5.41, 5.74) is 4.16. The first kappa shape index (κ1) is 15.7. The average Bonchev–Trinajstić information content (AvgIpc) is 2.38. The van der Waals surface area contributed by atoms with Gasteiger partial charge in [-0.1, -0.05) is 20.8 Å². The minimum absolute atomic E-state index is 0.0563. The molecule has 0 aliphatic heterocycles. The Morgan fingerprint density at radius 1 is 1.50 bits per heavy atom. The van der Waals surface area contributed by atoms with Crippen molar-refractivity contribution in [3.63, 3.8) is 0 Å². The third-order valence-corrected chi connectivity index (χ3v) is 2.67. The molecule has 0 saturated heterocycles. The maximum absolute atomic E-state index is 11.1. The molecule has 5 nitrogen and oxygen atoms in total. The molecule has 1 N–H and O–H groups in total. The first-order valence-corrected chi connectivity index (χ1v) is 6.26. The van der Waals surface area contributed by atoms with Crippen molar-refractivity contribution >= 4 is 12.1 Å². The molecular weight excluding hydrogens is 254 g/mol. The van der Waals surface area contributed by atoms with Gasteiger partial charge in [-0.3, -0.25) is 4.79 Å². The summed E-state index contributed by atoms with van der Waals surface area (Å²) in [4.78, 5) is 11.1. The van der Waals surface area contributed by atoms with Crippen LogP contribution in [0.1, 0.15) is 38.3 Å². The molecule has 1 amide bonds. The number of benzene rings is 1. The van der Waals surface area contributed by atoms with E-state index >= 15 is 0 Å². The molecule has 0 fully saturated rings. The molecule has 0 aliphatic rings. The standard InChI is InChI=1S/C15H19N3O2/c1-15(2,3)12-9-11(5-6-13(12)20-4)10-17-18-14(19)7-8-16/h5-6,9-10H,7H2,1-4H3,(H,18,19)/b17-10+. The van der Waals surface area contributed by atoms with Crippen molar-refractivity contribution in [3.8, 4) is 11.8 Å².